The van der Waals surface area contributed by atoms with Crippen LogP contribution in [-0.4, -0.2) is 21.0 Å². The molecule has 1 aliphatic heterocycles. The van der Waals surface area contributed by atoms with Gasteiger partial charge in [0.25, 0.3) is 0 Å². The molecule has 0 bridgehead atoms. The number of piperidine rings is 1. The van der Waals surface area contributed by atoms with Crippen molar-refractivity contribution in [1.82, 2.24) is 0 Å². The minimum atomic E-state index is -3.77. The molecular formula is C15H25N3O2S. The zero-order valence-electron chi connectivity index (χ0n) is 13.1. The van der Waals surface area contributed by atoms with Crippen molar-refractivity contribution in [2.45, 2.75) is 45.1 Å². The van der Waals surface area contributed by atoms with Gasteiger partial charge in [0.2, 0.25) is 10.0 Å². The number of primary sulfonamides is 1. The number of anilines is 2. The maximum absolute atomic E-state index is 11.8. The summed E-state index contributed by atoms with van der Waals surface area (Å²) in [6.45, 7) is 9.33. The highest BCUT2D eigenvalue weighted by Crippen LogP contribution is 2.36. The van der Waals surface area contributed by atoms with Gasteiger partial charge in [0.05, 0.1) is 4.90 Å². The van der Waals surface area contributed by atoms with Crippen molar-refractivity contribution in [3.05, 3.63) is 17.7 Å². The monoisotopic (exact) mass is 311 g/mol. The smallest absolute Gasteiger partial charge is 0.238 e. The third-order valence-corrected chi connectivity index (χ3v) is 5.61. The Bertz CT molecular complexity index is 643. The van der Waals surface area contributed by atoms with E-state index in [0.29, 0.717) is 29.1 Å². The molecule has 0 saturated carbocycles. The summed E-state index contributed by atoms with van der Waals surface area (Å²) in [6, 6.07) is 3.64. The lowest BCUT2D eigenvalue weighted by Crippen LogP contribution is -2.46. The molecule has 3 atom stereocenters. The number of hydrogen-bond acceptors (Lipinski definition) is 4. The molecule has 118 valence electrons. The third kappa shape index (κ3) is 3.16. The van der Waals surface area contributed by atoms with Crippen LogP contribution in [-0.2, 0) is 10.0 Å². The highest BCUT2D eigenvalue weighted by atomic mass is 32.2. The summed E-state index contributed by atoms with van der Waals surface area (Å²) in [6.07, 6.45) is 1.18. The molecule has 0 aliphatic carbocycles. The van der Waals surface area contributed by atoms with E-state index in [2.05, 4.69) is 25.7 Å². The minimum absolute atomic E-state index is 0.121. The Morgan fingerprint density at radius 3 is 2.43 bits per heavy atom. The third-order valence-electron chi connectivity index (χ3n) is 4.57. The number of nitrogens with two attached hydrogens (primary N) is 2. The van der Waals surface area contributed by atoms with Gasteiger partial charge in [-0.1, -0.05) is 13.8 Å². The molecule has 1 heterocycles. The molecule has 1 fully saturated rings. The fraction of sp³-hybridized carbons (Fsp3) is 0.600. The van der Waals surface area contributed by atoms with Gasteiger partial charge >= 0.3 is 0 Å². The molecule has 4 N–H and O–H groups in total. The highest BCUT2D eigenvalue weighted by Gasteiger charge is 2.31. The van der Waals surface area contributed by atoms with Gasteiger partial charge in [0.1, 0.15) is 0 Å². The molecule has 0 radical (unpaired) electrons. The topological polar surface area (TPSA) is 89.4 Å². The first-order valence-corrected chi connectivity index (χ1v) is 8.85. The highest BCUT2D eigenvalue weighted by molar-refractivity contribution is 7.89. The lowest BCUT2D eigenvalue weighted by Gasteiger charge is -2.43. The summed E-state index contributed by atoms with van der Waals surface area (Å²) in [5, 5.41) is 5.31. The van der Waals surface area contributed by atoms with Crippen LogP contribution >= 0.6 is 0 Å². The maximum Gasteiger partial charge on any atom is 0.238 e. The Labute approximate surface area is 127 Å². The molecule has 1 aromatic rings. The molecule has 2 rings (SSSR count). The predicted molar refractivity (Wildman–Crippen MR) is 86.7 cm³/mol. The molecule has 6 heteroatoms. The largest absolute Gasteiger partial charge is 0.399 e. The lowest BCUT2D eigenvalue weighted by molar-refractivity contribution is 0.296. The van der Waals surface area contributed by atoms with E-state index < -0.39 is 10.0 Å². The van der Waals surface area contributed by atoms with Gasteiger partial charge in [-0.3, -0.25) is 0 Å². The molecule has 5 nitrogen and oxygen atoms in total. The second-order valence-corrected chi connectivity index (χ2v) is 7.95. The normalized spacial score (nSPS) is 26.9. The van der Waals surface area contributed by atoms with Crippen LogP contribution in [0, 0.1) is 18.8 Å². The second kappa shape index (κ2) is 5.50. The van der Waals surface area contributed by atoms with E-state index in [1.807, 2.05) is 6.07 Å². The number of rotatable bonds is 2. The molecule has 1 aromatic carbocycles. The van der Waals surface area contributed by atoms with Crippen LogP contribution in [0.2, 0.25) is 0 Å². The minimum Gasteiger partial charge on any atom is -0.399 e. The molecule has 0 amide bonds. The van der Waals surface area contributed by atoms with Crippen LogP contribution in [0.5, 0.6) is 0 Å². The number of sulfonamides is 1. The van der Waals surface area contributed by atoms with E-state index in [-0.39, 0.29) is 4.90 Å². The first kappa shape index (κ1) is 16.1. The van der Waals surface area contributed by atoms with E-state index in [0.717, 1.165) is 12.2 Å². The summed E-state index contributed by atoms with van der Waals surface area (Å²) in [4.78, 5) is 2.38. The van der Waals surface area contributed by atoms with Gasteiger partial charge in [0.15, 0.2) is 0 Å². The van der Waals surface area contributed by atoms with Gasteiger partial charge in [-0.05, 0) is 49.8 Å². The Hall–Kier alpha value is -1.27. The summed E-state index contributed by atoms with van der Waals surface area (Å²) in [7, 11) is -3.77. The van der Waals surface area contributed by atoms with Crippen LogP contribution in [0.1, 0.15) is 32.8 Å². The number of hydrogen-bond donors (Lipinski definition) is 2. The van der Waals surface area contributed by atoms with Crippen molar-refractivity contribution in [3.8, 4) is 0 Å². The Morgan fingerprint density at radius 2 is 1.86 bits per heavy atom. The number of benzene rings is 1. The molecule has 0 aromatic heterocycles. The van der Waals surface area contributed by atoms with Gasteiger partial charge in [0, 0.05) is 24.0 Å². The van der Waals surface area contributed by atoms with Crippen molar-refractivity contribution < 1.29 is 8.42 Å². The molecule has 21 heavy (non-hydrogen) atoms. The van der Waals surface area contributed by atoms with Crippen LogP contribution in [0.15, 0.2) is 17.0 Å². The maximum atomic E-state index is 11.8. The standard InChI is InChI=1S/C15H25N3O2S/c1-9-5-10(2)12(4)18(8-9)14-6-13(16)7-15(11(14)3)21(17,19)20/h6-7,9-10,12H,5,8,16H2,1-4H3,(H2,17,19,20). The van der Waals surface area contributed by atoms with Crippen LogP contribution in [0.3, 0.4) is 0 Å². The molecule has 0 spiro atoms. The SMILES string of the molecule is Cc1c(N2CC(C)CC(C)C2C)cc(N)cc1S(N)(=O)=O. The number of nitrogens with zero attached hydrogens (tertiary/aromatic N) is 1. The lowest BCUT2D eigenvalue weighted by atomic mass is 9.85. The first-order chi connectivity index (χ1) is 9.61. The molecular weight excluding hydrogens is 286 g/mol. The van der Waals surface area contributed by atoms with Crippen LogP contribution < -0.4 is 15.8 Å². The van der Waals surface area contributed by atoms with Gasteiger partial charge in [-0.15, -0.1) is 0 Å². The van der Waals surface area contributed by atoms with Crippen molar-refractivity contribution in [3.63, 3.8) is 0 Å². The second-order valence-electron chi connectivity index (χ2n) is 6.42. The Morgan fingerprint density at radius 1 is 1.24 bits per heavy atom. The van der Waals surface area contributed by atoms with Crippen LogP contribution in [0.4, 0.5) is 11.4 Å². The summed E-state index contributed by atoms with van der Waals surface area (Å²) >= 11 is 0. The first-order valence-electron chi connectivity index (χ1n) is 7.30. The van der Waals surface area contributed by atoms with E-state index >= 15 is 0 Å². The average Bonchev–Trinajstić information content (AvgIpc) is 2.35. The Balaban J connectivity index is 2.56. The summed E-state index contributed by atoms with van der Waals surface area (Å²) < 4.78 is 23.5. The molecule has 3 unspecified atom stereocenters. The van der Waals surface area contributed by atoms with E-state index in [1.54, 1.807) is 6.92 Å². The quantitative estimate of drug-likeness (QED) is 0.818. The van der Waals surface area contributed by atoms with Crippen molar-refractivity contribution in [2.24, 2.45) is 17.0 Å². The summed E-state index contributed by atoms with van der Waals surface area (Å²) in [5.74, 6) is 1.11. The van der Waals surface area contributed by atoms with Crippen molar-refractivity contribution >= 4 is 21.4 Å². The van der Waals surface area contributed by atoms with E-state index in [9.17, 15) is 8.42 Å². The average molecular weight is 311 g/mol. The van der Waals surface area contributed by atoms with Gasteiger partial charge < -0.3 is 10.6 Å². The van der Waals surface area contributed by atoms with Gasteiger partial charge in [-0.2, -0.15) is 0 Å². The van der Waals surface area contributed by atoms with Gasteiger partial charge in [-0.25, -0.2) is 13.6 Å². The van der Waals surface area contributed by atoms with Crippen molar-refractivity contribution in [2.75, 3.05) is 17.2 Å². The predicted octanol–water partition coefficient (Wildman–Crippen LogP) is 2.10. The summed E-state index contributed by atoms with van der Waals surface area (Å²) in [5.41, 5.74) is 7.89. The zero-order valence-corrected chi connectivity index (χ0v) is 13.9. The van der Waals surface area contributed by atoms with Crippen molar-refractivity contribution in [1.29, 1.82) is 0 Å². The van der Waals surface area contributed by atoms with Crippen LogP contribution in [0.25, 0.3) is 0 Å². The fourth-order valence-corrected chi connectivity index (χ4v) is 4.15. The Kier molecular flexibility index (Phi) is 4.22. The van der Waals surface area contributed by atoms with E-state index in [1.165, 1.54) is 12.5 Å². The van der Waals surface area contributed by atoms with E-state index in [4.69, 9.17) is 10.9 Å². The zero-order chi connectivity index (χ0) is 15.9. The number of nitrogen functional groups attached to an aromatic ring is 1. The fourth-order valence-electron chi connectivity index (χ4n) is 3.32. The molecule has 1 aliphatic rings. The molecule has 1 saturated heterocycles.